The van der Waals surface area contributed by atoms with E-state index >= 15 is 0 Å². The van der Waals surface area contributed by atoms with E-state index in [9.17, 15) is 14.7 Å². The molecule has 1 aromatic heterocycles. The van der Waals surface area contributed by atoms with Crippen LogP contribution in [0.2, 0.25) is 0 Å². The molecule has 0 saturated carbocycles. The van der Waals surface area contributed by atoms with Crippen LogP contribution in [-0.4, -0.2) is 46.8 Å². The number of nitrogens with one attached hydrogen (secondary N) is 2. The predicted molar refractivity (Wildman–Crippen MR) is 113 cm³/mol. The number of anilines is 1. The Labute approximate surface area is 172 Å². The quantitative estimate of drug-likeness (QED) is 0.517. The summed E-state index contributed by atoms with van der Waals surface area (Å²) in [6.45, 7) is 11.4. The normalized spacial score (nSPS) is 15.2. The van der Waals surface area contributed by atoms with Crippen LogP contribution in [0.5, 0.6) is 0 Å². The first-order chi connectivity index (χ1) is 13.0. The standard InChI is InChI=1S/C20H35N3O4S/c1-12(2)16(24)18(26)22-14(4)17(25)23-19-21-11-15(28-19)13(3)9-8-10-20(5,6)27-7/h11-14,16,24H,8-10H2,1-7H3,(H,22,26)(H,21,23,25)/t13?,14-,16-/m0/s1. The van der Waals surface area contributed by atoms with Crippen molar-refractivity contribution in [1.29, 1.82) is 0 Å². The third-order valence-corrected chi connectivity index (χ3v) is 6.00. The van der Waals surface area contributed by atoms with Crippen molar-refractivity contribution in [1.82, 2.24) is 10.3 Å². The number of rotatable bonds is 11. The number of hydrogen-bond donors (Lipinski definition) is 3. The molecule has 0 radical (unpaired) electrons. The number of aliphatic hydroxyl groups excluding tert-OH is 1. The summed E-state index contributed by atoms with van der Waals surface area (Å²) in [5.74, 6) is -0.786. The highest BCUT2D eigenvalue weighted by Gasteiger charge is 2.24. The number of aliphatic hydroxyl groups is 1. The number of carbonyl (C=O) groups excluding carboxylic acids is 2. The molecule has 0 aliphatic heterocycles. The summed E-state index contributed by atoms with van der Waals surface area (Å²) in [4.78, 5) is 29.5. The van der Waals surface area contributed by atoms with Gasteiger partial charge in [0.1, 0.15) is 12.1 Å². The molecule has 3 atom stereocenters. The first-order valence-electron chi connectivity index (χ1n) is 9.77. The Balaban J connectivity index is 2.52. The van der Waals surface area contributed by atoms with Crippen LogP contribution in [0.1, 0.15) is 71.6 Å². The van der Waals surface area contributed by atoms with Crippen molar-refractivity contribution in [2.75, 3.05) is 12.4 Å². The van der Waals surface area contributed by atoms with Crippen molar-refractivity contribution >= 4 is 28.3 Å². The first-order valence-corrected chi connectivity index (χ1v) is 10.6. The van der Waals surface area contributed by atoms with Gasteiger partial charge in [0.05, 0.1) is 5.60 Å². The maximum atomic E-state index is 12.3. The van der Waals surface area contributed by atoms with Crippen LogP contribution in [0, 0.1) is 5.92 Å². The zero-order valence-corrected chi connectivity index (χ0v) is 18.9. The molecule has 1 aromatic rings. The lowest BCUT2D eigenvalue weighted by atomic mass is 9.96. The third kappa shape index (κ3) is 7.85. The highest BCUT2D eigenvalue weighted by molar-refractivity contribution is 7.15. The van der Waals surface area contributed by atoms with Gasteiger partial charge in [-0.05, 0) is 51.9 Å². The van der Waals surface area contributed by atoms with Crippen molar-refractivity contribution in [2.45, 2.75) is 84.5 Å². The molecule has 7 nitrogen and oxygen atoms in total. The van der Waals surface area contributed by atoms with E-state index < -0.39 is 18.1 Å². The number of nitrogens with zero attached hydrogens (tertiary/aromatic N) is 1. The summed E-state index contributed by atoms with van der Waals surface area (Å²) >= 11 is 1.44. The highest BCUT2D eigenvalue weighted by atomic mass is 32.1. The van der Waals surface area contributed by atoms with Gasteiger partial charge in [-0.2, -0.15) is 0 Å². The van der Waals surface area contributed by atoms with E-state index in [4.69, 9.17) is 4.74 Å². The van der Waals surface area contributed by atoms with Crippen LogP contribution in [0.25, 0.3) is 0 Å². The van der Waals surface area contributed by atoms with Crippen LogP contribution in [0.4, 0.5) is 5.13 Å². The van der Waals surface area contributed by atoms with Gasteiger partial charge in [-0.1, -0.05) is 20.8 Å². The Morgan fingerprint density at radius 2 is 1.89 bits per heavy atom. The van der Waals surface area contributed by atoms with Gasteiger partial charge in [-0.3, -0.25) is 9.59 Å². The zero-order valence-electron chi connectivity index (χ0n) is 18.0. The second-order valence-electron chi connectivity index (χ2n) is 8.23. The second-order valence-corrected chi connectivity index (χ2v) is 9.30. The predicted octanol–water partition coefficient (Wildman–Crippen LogP) is 3.30. The average Bonchev–Trinajstić information content (AvgIpc) is 3.09. The lowest BCUT2D eigenvalue weighted by Gasteiger charge is -2.23. The molecule has 1 rings (SSSR count). The monoisotopic (exact) mass is 413 g/mol. The molecular weight excluding hydrogens is 378 g/mol. The van der Waals surface area contributed by atoms with Crippen molar-refractivity contribution < 1.29 is 19.4 Å². The van der Waals surface area contributed by atoms with E-state index in [1.54, 1.807) is 34.1 Å². The maximum absolute atomic E-state index is 12.3. The molecule has 1 unspecified atom stereocenters. The second kappa shape index (κ2) is 10.9. The maximum Gasteiger partial charge on any atom is 0.249 e. The number of ether oxygens (including phenoxy) is 1. The SMILES string of the molecule is COC(C)(C)CCCC(C)c1cnc(NC(=O)[C@H](C)NC(=O)[C@@H](O)C(C)C)s1. The van der Waals surface area contributed by atoms with E-state index in [0.29, 0.717) is 11.0 Å². The van der Waals surface area contributed by atoms with Crippen molar-refractivity contribution in [3.05, 3.63) is 11.1 Å². The van der Waals surface area contributed by atoms with Crippen LogP contribution in [0.15, 0.2) is 6.20 Å². The van der Waals surface area contributed by atoms with Crippen LogP contribution < -0.4 is 10.6 Å². The summed E-state index contributed by atoms with van der Waals surface area (Å²) in [5.41, 5.74) is -0.115. The summed E-state index contributed by atoms with van der Waals surface area (Å²) in [6, 6.07) is -0.762. The van der Waals surface area contributed by atoms with E-state index in [0.717, 1.165) is 24.1 Å². The fraction of sp³-hybridized carbons (Fsp3) is 0.750. The first kappa shape index (κ1) is 24.5. The van der Waals surface area contributed by atoms with Crippen LogP contribution in [-0.2, 0) is 14.3 Å². The number of thiazole rings is 1. The van der Waals surface area contributed by atoms with Gasteiger partial charge in [0.2, 0.25) is 11.8 Å². The Hall–Kier alpha value is -1.51. The van der Waals surface area contributed by atoms with Gasteiger partial charge >= 0.3 is 0 Å². The Kier molecular flexibility index (Phi) is 9.53. The van der Waals surface area contributed by atoms with E-state index in [2.05, 4.69) is 36.4 Å². The molecule has 0 saturated heterocycles. The number of amides is 2. The molecule has 160 valence electrons. The molecular formula is C20H35N3O4S. The number of aromatic nitrogens is 1. The summed E-state index contributed by atoms with van der Waals surface area (Å²) in [5, 5.41) is 15.5. The fourth-order valence-electron chi connectivity index (χ4n) is 2.53. The molecule has 0 aliphatic carbocycles. The minimum Gasteiger partial charge on any atom is -0.383 e. The van der Waals surface area contributed by atoms with Gasteiger partial charge in [-0.15, -0.1) is 11.3 Å². The molecule has 0 aliphatic rings. The lowest BCUT2D eigenvalue weighted by Crippen LogP contribution is -2.47. The van der Waals surface area contributed by atoms with Crippen molar-refractivity contribution in [3.8, 4) is 0 Å². The van der Waals surface area contributed by atoms with Gasteiger partial charge in [-0.25, -0.2) is 4.98 Å². The number of methoxy groups -OCH3 is 1. The Morgan fingerprint density at radius 3 is 2.46 bits per heavy atom. The molecule has 8 heteroatoms. The van der Waals surface area contributed by atoms with Crippen LogP contribution in [0.3, 0.4) is 0 Å². The van der Waals surface area contributed by atoms with E-state index in [-0.39, 0.29) is 17.4 Å². The van der Waals surface area contributed by atoms with Crippen molar-refractivity contribution in [2.24, 2.45) is 5.92 Å². The van der Waals surface area contributed by atoms with Gasteiger partial charge < -0.3 is 20.5 Å². The molecule has 0 spiro atoms. The number of carbonyl (C=O) groups is 2. The topological polar surface area (TPSA) is 101 Å². The molecule has 3 N–H and O–H groups in total. The Morgan fingerprint density at radius 1 is 1.25 bits per heavy atom. The summed E-state index contributed by atoms with van der Waals surface area (Å²) in [6.07, 6.45) is 3.70. The molecule has 1 heterocycles. The third-order valence-electron chi connectivity index (χ3n) is 4.86. The lowest BCUT2D eigenvalue weighted by molar-refractivity contribution is -0.134. The van der Waals surface area contributed by atoms with E-state index in [1.807, 2.05) is 0 Å². The zero-order chi connectivity index (χ0) is 21.5. The van der Waals surface area contributed by atoms with Gasteiger partial charge in [0.25, 0.3) is 0 Å². The average molecular weight is 414 g/mol. The minimum absolute atomic E-state index is 0.115. The van der Waals surface area contributed by atoms with Crippen LogP contribution >= 0.6 is 11.3 Å². The molecule has 0 bridgehead atoms. The fourth-order valence-corrected chi connectivity index (χ4v) is 3.44. The molecule has 28 heavy (non-hydrogen) atoms. The van der Waals surface area contributed by atoms with Gasteiger partial charge in [0, 0.05) is 18.2 Å². The summed E-state index contributed by atoms with van der Waals surface area (Å²) < 4.78 is 5.45. The van der Waals surface area contributed by atoms with Gasteiger partial charge in [0.15, 0.2) is 5.13 Å². The minimum atomic E-state index is -1.13. The molecule has 0 aromatic carbocycles. The smallest absolute Gasteiger partial charge is 0.249 e. The van der Waals surface area contributed by atoms with E-state index in [1.165, 1.54) is 11.3 Å². The Bertz CT molecular complexity index is 645. The molecule has 0 fully saturated rings. The largest absolute Gasteiger partial charge is 0.383 e. The summed E-state index contributed by atoms with van der Waals surface area (Å²) in [7, 11) is 1.73. The number of hydrogen-bond acceptors (Lipinski definition) is 6. The van der Waals surface area contributed by atoms with Crippen molar-refractivity contribution in [3.63, 3.8) is 0 Å². The highest BCUT2D eigenvalue weighted by Crippen LogP contribution is 2.30. The molecule has 2 amide bonds.